The van der Waals surface area contributed by atoms with Crippen LogP contribution in [-0.4, -0.2) is 44.9 Å². The van der Waals surface area contributed by atoms with Crippen molar-refractivity contribution in [1.82, 2.24) is 4.90 Å². The van der Waals surface area contributed by atoms with Crippen molar-refractivity contribution in [3.63, 3.8) is 0 Å². The maximum atomic E-state index is 10.9. The number of nitro groups is 1. The Morgan fingerprint density at radius 3 is 1.90 bits per heavy atom. The summed E-state index contributed by atoms with van der Waals surface area (Å²) in [6.45, 7) is -1.29. The Labute approximate surface area is 118 Å². The number of nitrogens with zero attached hydrogens (tertiary/aromatic N) is 2. The van der Waals surface area contributed by atoms with Crippen molar-refractivity contribution >= 4 is 17.5 Å². The highest BCUT2D eigenvalue weighted by molar-refractivity contribution is 5.79. The molecule has 0 aliphatic carbocycles. The minimum Gasteiger partial charge on any atom is -0.369 e. The molecule has 0 spiro atoms. The Hall–Kier alpha value is -2.56. The number of primary amides is 2. The van der Waals surface area contributed by atoms with E-state index in [9.17, 15) is 29.9 Å². The van der Waals surface area contributed by atoms with E-state index in [1.54, 1.807) is 0 Å². The topological polar surface area (TPSA) is 173 Å². The number of amides is 2. The maximum Gasteiger partial charge on any atom is 0.269 e. The summed E-state index contributed by atoms with van der Waals surface area (Å²) in [7, 11) is 0. The van der Waals surface area contributed by atoms with Gasteiger partial charge >= 0.3 is 0 Å². The molecule has 0 fully saturated rings. The molecule has 0 radical (unpaired) electrons. The quantitative estimate of drug-likeness (QED) is 0.255. The third-order valence-electron chi connectivity index (χ3n) is 2.60. The molecule has 114 valence electrons. The van der Waals surface area contributed by atoms with Gasteiger partial charge in [-0.15, -0.1) is 0 Å². The summed E-state index contributed by atoms with van der Waals surface area (Å²) in [6.07, 6.45) is 0. The molecule has 0 atom stereocenters. The summed E-state index contributed by atoms with van der Waals surface area (Å²) >= 11 is 0. The lowest BCUT2D eigenvalue weighted by Crippen LogP contribution is -2.52. The molecule has 0 aliphatic rings. The molecular formula is C11H14N4O6. The number of rotatable bonds is 7. The van der Waals surface area contributed by atoms with Gasteiger partial charge in [0, 0.05) is 17.7 Å². The van der Waals surface area contributed by atoms with Crippen molar-refractivity contribution in [2.75, 3.05) is 13.1 Å². The normalized spacial score (nSPS) is 11.4. The monoisotopic (exact) mass is 298 g/mol. The maximum absolute atomic E-state index is 10.9. The molecule has 1 aromatic rings. The lowest BCUT2D eigenvalue weighted by Gasteiger charge is -2.33. The van der Waals surface area contributed by atoms with Gasteiger partial charge < -0.3 is 21.7 Å². The van der Waals surface area contributed by atoms with Gasteiger partial charge in [-0.2, -0.15) is 0 Å². The highest BCUT2D eigenvalue weighted by Crippen LogP contribution is 2.24. The number of nitro benzene ring substituents is 1. The smallest absolute Gasteiger partial charge is 0.269 e. The van der Waals surface area contributed by atoms with Crippen molar-refractivity contribution in [3.8, 4) is 0 Å². The zero-order chi connectivity index (χ0) is 16.2. The van der Waals surface area contributed by atoms with Crippen LogP contribution in [0, 0.1) is 10.1 Å². The van der Waals surface area contributed by atoms with E-state index < -0.39 is 35.7 Å². The first-order chi connectivity index (χ1) is 9.64. The van der Waals surface area contributed by atoms with Crippen LogP contribution in [-0.2, 0) is 15.5 Å². The van der Waals surface area contributed by atoms with E-state index in [4.69, 9.17) is 11.5 Å². The van der Waals surface area contributed by atoms with Crippen LogP contribution in [0.2, 0.25) is 0 Å². The average Bonchev–Trinajstić information content (AvgIpc) is 2.37. The number of hydrogen-bond donors (Lipinski definition) is 4. The molecule has 1 aromatic carbocycles. The minimum absolute atomic E-state index is 0.185. The van der Waals surface area contributed by atoms with E-state index in [-0.39, 0.29) is 11.3 Å². The Bertz CT molecular complexity index is 540. The Kier molecular flexibility index (Phi) is 4.92. The van der Waals surface area contributed by atoms with Gasteiger partial charge in [-0.05, 0) is 12.1 Å². The summed E-state index contributed by atoms with van der Waals surface area (Å²) < 4.78 is 0. The van der Waals surface area contributed by atoms with Crippen molar-refractivity contribution in [3.05, 3.63) is 39.9 Å². The van der Waals surface area contributed by atoms with Gasteiger partial charge in [-0.1, -0.05) is 0 Å². The number of hydrogen-bond acceptors (Lipinski definition) is 7. The van der Waals surface area contributed by atoms with E-state index in [1.807, 2.05) is 0 Å². The lowest BCUT2D eigenvalue weighted by molar-refractivity contribution is -0.385. The fourth-order valence-electron chi connectivity index (χ4n) is 1.64. The minimum atomic E-state index is -2.74. The van der Waals surface area contributed by atoms with Crippen LogP contribution < -0.4 is 11.5 Å². The second-order valence-electron chi connectivity index (χ2n) is 4.23. The first-order valence-corrected chi connectivity index (χ1v) is 5.66. The summed E-state index contributed by atoms with van der Waals surface area (Å²) in [5, 5.41) is 30.7. The second-order valence-corrected chi connectivity index (χ2v) is 4.23. The van der Waals surface area contributed by atoms with Crippen LogP contribution in [0.1, 0.15) is 5.56 Å². The molecule has 21 heavy (non-hydrogen) atoms. The Balaban J connectivity index is 3.10. The van der Waals surface area contributed by atoms with E-state index in [2.05, 4.69) is 0 Å². The standard InChI is InChI=1S/C11H14N4O6/c12-9(16)5-14(6-10(13)17)11(18,19)7-1-3-8(4-2-7)15(20)21/h1-4,18-19H,5-6H2,(H2,12,16)(H2,13,17). The number of carbonyl (C=O) groups excluding carboxylic acids is 2. The largest absolute Gasteiger partial charge is 0.369 e. The number of nitrogens with two attached hydrogens (primary N) is 2. The molecule has 0 heterocycles. The molecule has 10 nitrogen and oxygen atoms in total. The van der Waals surface area contributed by atoms with Crippen molar-refractivity contribution in [2.24, 2.45) is 11.5 Å². The third-order valence-corrected chi connectivity index (χ3v) is 2.60. The molecule has 0 aliphatic heterocycles. The molecule has 2 amide bonds. The van der Waals surface area contributed by atoms with Crippen LogP contribution >= 0.6 is 0 Å². The first kappa shape index (κ1) is 16.5. The van der Waals surface area contributed by atoms with Crippen molar-refractivity contribution in [1.29, 1.82) is 0 Å². The molecule has 0 saturated carbocycles. The van der Waals surface area contributed by atoms with Crippen LogP contribution in [0.3, 0.4) is 0 Å². The van der Waals surface area contributed by atoms with Crippen molar-refractivity contribution in [2.45, 2.75) is 5.91 Å². The van der Waals surface area contributed by atoms with Gasteiger partial charge in [0.15, 0.2) is 0 Å². The molecular weight excluding hydrogens is 284 g/mol. The summed E-state index contributed by atoms with van der Waals surface area (Å²) in [5.74, 6) is -4.56. The number of aliphatic hydroxyl groups is 2. The van der Waals surface area contributed by atoms with Crippen LogP contribution in [0.15, 0.2) is 24.3 Å². The Morgan fingerprint density at radius 1 is 1.14 bits per heavy atom. The van der Waals surface area contributed by atoms with Gasteiger partial charge in [-0.25, -0.2) is 4.90 Å². The second kappa shape index (κ2) is 6.26. The van der Waals surface area contributed by atoms with Gasteiger partial charge in [0.2, 0.25) is 11.8 Å². The van der Waals surface area contributed by atoms with Gasteiger partial charge in [0.25, 0.3) is 11.6 Å². The Morgan fingerprint density at radius 2 is 1.57 bits per heavy atom. The van der Waals surface area contributed by atoms with Gasteiger partial charge in [0.1, 0.15) is 0 Å². The zero-order valence-electron chi connectivity index (χ0n) is 10.8. The summed E-state index contributed by atoms with van der Waals surface area (Å²) in [4.78, 5) is 32.4. The van der Waals surface area contributed by atoms with Gasteiger partial charge in [0.05, 0.1) is 18.0 Å². The van der Waals surface area contributed by atoms with E-state index in [0.717, 1.165) is 24.3 Å². The highest BCUT2D eigenvalue weighted by atomic mass is 16.6. The lowest BCUT2D eigenvalue weighted by atomic mass is 10.1. The highest BCUT2D eigenvalue weighted by Gasteiger charge is 2.36. The molecule has 0 unspecified atom stereocenters. The van der Waals surface area contributed by atoms with E-state index in [0.29, 0.717) is 4.90 Å². The fraction of sp³-hybridized carbons (Fsp3) is 0.273. The zero-order valence-corrected chi connectivity index (χ0v) is 10.8. The molecule has 1 rings (SSSR count). The summed E-state index contributed by atoms with van der Waals surface area (Å²) in [5.41, 5.74) is 9.48. The van der Waals surface area contributed by atoms with Crippen LogP contribution in [0.4, 0.5) is 5.69 Å². The molecule has 6 N–H and O–H groups in total. The molecule has 0 saturated heterocycles. The van der Waals surface area contributed by atoms with E-state index >= 15 is 0 Å². The van der Waals surface area contributed by atoms with Gasteiger partial charge in [-0.3, -0.25) is 19.7 Å². The number of benzene rings is 1. The van der Waals surface area contributed by atoms with Crippen LogP contribution in [0.25, 0.3) is 0 Å². The number of carbonyl (C=O) groups is 2. The predicted octanol–water partition coefficient (Wildman–Crippen LogP) is -2.04. The van der Waals surface area contributed by atoms with E-state index in [1.165, 1.54) is 0 Å². The average molecular weight is 298 g/mol. The number of non-ortho nitro benzene ring substituents is 1. The first-order valence-electron chi connectivity index (χ1n) is 5.66. The molecule has 10 heteroatoms. The third kappa shape index (κ3) is 4.21. The summed E-state index contributed by atoms with van der Waals surface area (Å²) in [6, 6.07) is 4.24. The van der Waals surface area contributed by atoms with Crippen LogP contribution in [0.5, 0.6) is 0 Å². The fourth-order valence-corrected chi connectivity index (χ4v) is 1.64. The SMILES string of the molecule is NC(=O)CN(CC(N)=O)C(O)(O)c1ccc([N+](=O)[O-])cc1. The molecule has 0 aromatic heterocycles. The predicted molar refractivity (Wildman–Crippen MR) is 69.2 cm³/mol. The molecule has 0 bridgehead atoms. The van der Waals surface area contributed by atoms with Crippen molar-refractivity contribution < 1.29 is 24.7 Å².